The molecule has 1 saturated carbocycles. The number of nitrogens with zero attached hydrogens (tertiary/aromatic N) is 4. The maximum atomic E-state index is 6.08. The van der Waals surface area contributed by atoms with E-state index in [1.165, 1.54) is 45.2 Å². The lowest BCUT2D eigenvalue weighted by molar-refractivity contribution is 0.0816. The maximum absolute atomic E-state index is 6.08. The van der Waals surface area contributed by atoms with Gasteiger partial charge in [-0.15, -0.1) is 0 Å². The second-order valence-electron chi connectivity index (χ2n) is 8.65. The molecule has 0 bridgehead atoms. The van der Waals surface area contributed by atoms with Gasteiger partial charge in [-0.3, -0.25) is 0 Å². The minimum Gasteiger partial charge on any atom is -0.379 e. The van der Waals surface area contributed by atoms with Gasteiger partial charge in [-0.25, -0.2) is 9.97 Å². The molecule has 3 aliphatic rings. The highest BCUT2D eigenvalue weighted by molar-refractivity contribution is 5.35. The molecule has 0 amide bonds. The molecule has 0 N–H and O–H groups in total. The first-order chi connectivity index (χ1) is 12.2. The zero-order valence-corrected chi connectivity index (χ0v) is 15.7. The molecular weight excluding hydrogens is 312 g/mol. The number of aromatic nitrogens is 2. The van der Waals surface area contributed by atoms with Crippen molar-refractivity contribution < 1.29 is 4.74 Å². The van der Waals surface area contributed by atoms with Crippen LogP contribution in [0.4, 0.5) is 5.95 Å². The third kappa shape index (κ3) is 3.98. The van der Waals surface area contributed by atoms with E-state index in [2.05, 4.69) is 33.6 Å². The molecule has 138 valence electrons. The second-order valence-corrected chi connectivity index (χ2v) is 8.65. The highest BCUT2D eigenvalue weighted by Crippen LogP contribution is 2.44. The lowest BCUT2D eigenvalue weighted by Crippen LogP contribution is -2.44. The van der Waals surface area contributed by atoms with E-state index in [9.17, 15) is 0 Å². The quantitative estimate of drug-likeness (QED) is 0.793. The fraction of sp³-hybridized carbons (Fsp3) is 0.800. The molecule has 0 aromatic carbocycles. The van der Waals surface area contributed by atoms with Crippen LogP contribution >= 0.6 is 0 Å². The van der Waals surface area contributed by atoms with E-state index in [1.54, 1.807) is 0 Å². The highest BCUT2D eigenvalue weighted by Gasteiger charge is 2.46. The van der Waals surface area contributed by atoms with Crippen molar-refractivity contribution in [3.63, 3.8) is 0 Å². The van der Waals surface area contributed by atoms with Crippen LogP contribution in [0.5, 0.6) is 0 Å². The van der Waals surface area contributed by atoms with E-state index >= 15 is 0 Å². The summed E-state index contributed by atoms with van der Waals surface area (Å²) in [5.74, 6) is 1.71. The number of piperidine rings is 1. The summed E-state index contributed by atoms with van der Waals surface area (Å²) in [5, 5.41) is 0. The Morgan fingerprint density at radius 1 is 1.16 bits per heavy atom. The maximum Gasteiger partial charge on any atom is 0.225 e. The van der Waals surface area contributed by atoms with Crippen LogP contribution in [0.1, 0.15) is 46.0 Å². The van der Waals surface area contributed by atoms with E-state index in [4.69, 9.17) is 4.74 Å². The third-order valence-corrected chi connectivity index (χ3v) is 6.37. The summed E-state index contributed by atoms with van der Waals surface area (Å²) in [7, 11) is 0. The van der Waals surface area contributed by atoms with Crippen LogP contribution in [-0.2, 0) is 4.74 Å². The van der Waals surface area contributed by atoms with Crippen molar-refractivity contribution in [2.45, 2.75) is 58.0 Å². The minimum atomic E-state index is 0.415. The Labute approximate surface area is 151 Å². The van der Waals surface area contributed by atoms with Crippen molar-refractivity contribution in [2.24, 2.45) is 11.3 Å². The zero-order valence-electron chi connectivity index (χ0n) is 15.7. The first-order valence-corrected chi connectivity index (χ1v) is 10.0. The lowest BCUT2D eigenvalue weighted by Gasteiger charge is -2.41. The molecule has 3 fully saturated rings. The van der Waals surface area contributed by atoms with Crippen LogP contribution in [0.3, 0.4) is 0 Å². The Bertz CT molecular complexity index is 552. The van der Waals surface area contributed by atoms with Gasteiger partial charge < -0.3 is 14.5 Å². The fourth-order valence-electron chi connectivity index (χ4n) is 4.52. The van der Waals surface area contributed by atoms with Crippen molar-refractivity contribution in [2.75, 3.05) is 37.7 Å². The summed E-state index contributed by atoms with van der Waals surface area (Å²) in [6, 6.07) is 2.98. The summed E-state index contributed by atoms with van der Waals surface area (Å²) in [5.41, 5.74) is 0.415. The predicted octanol–water partition coefficient (Wildman–Crippen LogP) is 2.97. The van der Waals surface area contributed by atoms with Crippen LogP contribution in [-0.4, -0.2) is 59.8 Å². The molecule has 2 aliphatic heterocycles. The van der Waals surface area contributed by atoms with Crippen LogP contribution in [0.2, 0.25) is 0 Å². The van der Waals surface area contributed by atoms with Crippen molar-refractivity contribution in [3.05, 3.63) is 18.5 Å². The van der Waals surface area contributed by atoms with Gasteiger partial charge in [0, 0.05) is 31.6 Å². The van der Waals surface area contributed by atoms with Crippen molar-refractivity contribution in [1.29, 1.82) is 0 Å². The zero-order chi connectivity index (χ0) is 17.3. The number of likely N-dealkylation sites (tertiary alicyclic amines) is 1. The van der Waals surface area contributed by atoms with Gasteiger partial charge in [0.2, 0.25) is 5.95 Å². The molecule has 3 heterocycles. The Hall–Kier alpha value is -1.20. The topological polar surface area (TPSA) is 41.5 Å². The summed E-state index contributed by atoms with van der Waals surface area (Å²) in [6.45, 7) is 9.91. The van der Waals surface area contributed by atoms with Gasteiger partial charge >= 0.3 is 0 Å². The van der Waals surface area contributed by atoms with Crippen molar-refractivity contribution in [1.82, 2.24) is 14.9 Å². The first-order valence-electron chi connectivity index (χ1n) is 10.0. The Morgan fingerprint density at radius 2 is 1.88 bits per heavy atom. The van der Waals surface area contributed by atoms with Gasteiger partial charge in [-0.2, -0.15) is 0 Å². The van der Waals surface area contributed by atoms with E-state index in [-0.39, 0.29) is 0 Å². The fourth-order valence-corrected chi connectivity index (χ4v) is 4.52. The summed E-state index contributed by atoms with van der Waals surface area (Å²) in [4.78, 5) is 14.1. The molecular formula is C20H32N4O. The second kappa shape index (κ2) is 7.20. The van der Waals surface area contributed by atoms with E-state index < -0.39 is 0 Å². The SMILES string of the molecule is CC(C)N1CCC2(CC1)C[C@H](COCC1CC1)N(c1ncccn1)C2. The smallest absolute Gasteiger partial charge is 0.225 e. The predicted molar refractivity (Wildman–Crippen MR) is 99.7 cm³/mol. The monoisotopic (exact) mass is 344 g/mol. The lowest BCUT2D eigenvalue weighted by atomic mass is 9.76. The van der Waals surface area contributed by atoms with Gasteiger partial charge in [-0.05, 0) is 76.4 Å². The molecule has 25 heavy (non-hydrogen) atoms. The van der Waals surface area contributed by atoms with Crippen LogP contribution in [0.25, 0.3) is 0 Å². The van der Waals surface area contributed by atoms with E-state index in [1.807, 2.05) is 18.5 Å². The van der Waals surface area contributed by atoms with Crippen molar-refractivity contribution >= 4 is 5.95 Å². The first kappa shape index (κ1) is 17.2. The molecule has 4 rings (SSSR count). The van der Waals surface area contributed by atoms with Crippen LogP contribution < -0.4 is 4.90 Å². The number of rotatable bonds is 6. The normalized spacial score (nSPS) is 26.7. The van der Waals surface area contributed by atoms with E-state index in [0.717, 1.165) is 31.6 Å². The summed E-state index contributed by atoms with van der Waals surface area (Å²) in [6.07, 6.45) is 10.2. The Kier molecular flexibility index (Phi) is 4.96. The van der Waals surface area contributed by atoms with Crippen molar-refractivity contribution in [3.8, 4) is 0 Å². The van der Waals surface area contributed by atoms with E-state index in [0.29, 0.717) is 17.5 Å². The van der Waals surface area contributed by atoms with Crippen LogP contribution in [0.15, 0.2) is 18.5 Å². The van der Waals surface area contributed by atoms with Gasteiger partial charge in [-0.1, -0.05) is 0 Å². The number of hydrogen-bond donors (Lipinski definition) is 0. The average molecular weight is 345 g/mol. The Balaban J connectivity index is 1.44. The molecule has 1 aliphatic carbocycles. The highest BCUT2D eigenvalue weighted by atomic mass is 16.5. The summed E-state index contributed by atoms with van der Waals surface area (Å²) >= 11 is 0. The molecule has 1 aromatic rings. The van der Waals surface area contributed by atoms with Gasteiger partial charge in [0.25, 0.3) is 0 Å². The molecule has 5 heteroatoms. The van der Waals surface area contributed by atoms with Gasteiger partial charge in [0.1, 0.15) is 0 Å². The molecule has 0 unspecified atom stereocenters. The largest absolute Gasteiger partial charge is 0.379 e. The summed E-state index contributed by atoms with van der Waals surface area (Å²) < 4.78 is 6.08. The Morgan fingerprint density at radius 3 is 2.52 bits per heavy atom. The molecule has 2 saturated heterocycles. The number of ether oxygens (including phenoxy) is 1. The molecule has 1 spiro atoms. The number of anilines is 1. The van der Waals surface area contributed by atoms with Crippen LogP contribution in [0, 0.1) is 11.3 Å². The minimum absolute atomic E-state index is 0.415. The molecule has 5 nitrogen and oxygen atoms in total. The van der Waals surface area contributed by atoms with Gasteiger partial charge in [0.05, 0.1) is 12.6 Å². The molecule has 1 aromatic heterocycles. The third-order valence-electron chi connectivity index (χ3n) is 6.37. The number of hydrogen-bond acceptors (Lipinski definition) is 5. The molecule has 0 radical (unpaired) electrons. The molecule has 1 atom stereocenters. The van der Waals surface area contributed by atoms with Gasteiger partial charge in [0.15, 0.2) is 0 Å². The average Bonchev–Trinajstić information content (AvgIpc) is 3.38. The standard InChI is InChI=1S/C20H32N4O/c1-16(2)23-10-6-20(7-11-23)12-18(14-25-13-17-4-5-17)24(15-20)19-21-8-3-9-22-19/h3,8-9,16-18H,4-7,10-15H2,1-2H3/t18-/m1/s1.